The summed E-state index contributed by atoms with van der Waals surface area (Å²) in [6.45, 7) is 7.00. The predicted molar refractivity (Wildman–Crippen MR) is 98.6 cm³/mol. The van der Waals surface area contributed by atoms with Crippen LogP contribution in [0, 0.1) is 0 Å². The molecule has 1 fully saturated rings. The van der Waals surface area contributed by atoms with Gasteiger partial charge >= 0.3 is 0 Å². The van der Waals surface area contributed by atoms with Gasteiger partial charge in [0.25, 0.3) is 5.91 Å². The first-order chi connectivity index (χ1) is 12.4. The Morgan fingerprint density at radius 1 is 1.23 bits per heavy atom. The summed E-state index contributed by atoms with van der Waals surface area (Å²) < 4.78 is 37.4. The number of nitrogens with zero attached hydrogens (tertiary/aromatic N) is 2. The Morgan fingerprint density at radius 3 is 2.38 bits per heavy atom. The molecule has 1 saturated heterocycles. The molecule has 0 N–H and O–H groups in total. The highest BCUT2D eigenvalue weighted by Gasteiger charge is 2.31. The van der Waals surface area contributed by atoms with Gasteiger partial charge in [0.1, 0.15) is 11.9 Å². The van der Waals surface area contributed by atoms with Crippen LogP contribution in [-0.2, 0) is 19.6 Å². The molecule has 1 unspecified atom stereocenters. The van der Waals surface area contributed by atoms with Gasteiger partial charge in [0.2, 0.25) is 10.0 Å². The average Bonchev–Trinajstić information content (AvgIpc) is 2.67. The number of benzene rings is 1. The molecule has 0 spiro atoms. The Hall–Kier alpha value is -1.90. The average molecular weight is 382 g/mol. The highest BCUT2D eigenvalue weighted by Crippen LogP contribution is 2.21. The number of amides is 1. The fraction of sp³-hybridized carbons (Fsp3) is 0.500. The largest absolute Gasteiger partial charge is 0.497 e. The van der Waals surface area contributed by atoms with Crippen molar-refractivity contribution in [3.05, 3.63) is 36.9 Å². The maximum atomic E-state index is 12.7. The zero-order valence-corrected chi connectivity index (χ0v) is 16.1. The molecule has 1 aliphatic heterocycles. The van der Waals surface area contributed by atoms with Crippen LogP contribution in [0.5, 0.6) is 5.75 Å². The maximum Gasteiger partial charge on any atom is 0.251 e. The van der Waals surface area contributed by atoms with E-state index in [0.29, 0.717) is 31.9 Å². The van der Waals surface area contributed by atoms with Gasteiger partial charge in [0.05, 0.1) is 18.6 Å². The number of methoxy groups -OCH3 is 1. The number of carbonyl (C=O) groups excluding carboxylic acids is 1. The Labute approximate surface area is 155 Å². The summed E-state index contributed by atoms with van der Waals surface area (Å²) in [6, 6.07) is 6.30. The summed E-state index contributed by atoms with van der Waals surface area (Å²) in [5.74, 6) is 0.486. The monoisotopic (exact) mass is 382 g/mol. The van der Waals surface area contributed by atoms with Crippen LogP contribution in [0.25, 0.3) is 0 Å². The molecule has 1 amide bonds. The molecule has 1 aliphatic rings. The lowest BCUT2D eigenvalue weighted by Crippen LogP contribution is -2.52. The van der Waals surface area contributed by atoms with Crippen molar-refractivity contribution >= 4 is 15.9 Å². The fourth-order valence-electron chi connectivity index (χ4n) is 2.70. The third-order valence-electron chi connectivity index (χ3n) is 4.29. The molecule has 0 aromatic heterocycles. The summed E-state index contributed by atoms with van der Waals surface area (Å²) in [4.78, 5) is 14.3. The van der Waals surface area contributed by atoms with Crippen LogP contribution >= 0.6 is 0 Å². The van der Waals surface area contributed by atoms with Crippen molar-refractivity contribution in [2.75, 3.05) is 39.9 Å². The fourth-order valence-corrected chi connectivity index (χ4v) is 4.12. The number of piperazine rings is 1. The van der Waals surface area contributed by atoms with Crippen molar-refractivity contribution < 1.29 is 22.7 Å². The lowest BCUT2D eigenvalue weighted by molar-refractivity contribution is -0.143. The lowest BCUT2D eigenvalue weighted by atomic mass is 10.3. The molecule has 0 aliphatic carbocycles. The molecule has 1 aromatic rings. The zero-order chi connectivity index (χ0) is 19.2. The first-order valence-corrected chi connectivity index (χ1v) is 9.99. The van der Waals surface area contributed by atoms with E-state index in [1.54, 1.807) is 30.0 Å². The maximum absolute atomic E-state index is 12.7. The van der Waals surface area contributed by atoms with Crippen LogP contribution in [-0.4, -0.2) is 69.5 Å². The van der Waals surface area contributed by atoms with E-state index in [9.17, 15) is 13.2 Å². The van der Waals surface area contributed by atoms with E-state index in [-0.39, 0.29) is 23.9 Å². The Bertz CT molecular complexity index is 710. The third kappa shape index (κ3) is 4.84. The second-order valence-electron chi connectivity index (χ2n) is 6.00. The molecule has 0 saturated carbocycles. The minimum absolute atomic E-state index is 0.115. The second kappa shape index (κ2) is 9.16. The van der Waals surface area contributed by atoms with E-state index >= 15 is 0 Å². The smallest absolute Gasteiger partial charge is 0.251 e. The van der Waals surface area contributed by atoms with Gasteiger partial charge in [-0.15, -0.1) is 6.58 Å². The molecule has 8 heteroatoms. The van der Waals surface area contributed by atoms with Crippen LogP contribution in [0.4, 0.5) is 0 Å². The Morgan fingerprint density at radius 2 is 1.85 bits per heavy atom. The molecular formula is C18H26N2O5S. The first-order valence-electron chi connectivity index (χ1n) is 8.55. The molecule has 0 bridgehead atoms. The van der Waals surface area contributed by atoms with Crippen molar-refractivity contribution in [2.45, 2.75) is 24.3 Å². The molecule has 144 valence electrons. The highest BCUT2D eigenvalue weighted by molar-refractivity contribution is 7.89. The quantitative estimate of drug-likeness (QED) is 0.503. The minimum Gasteiger partial charge on any atom is -0.497 e. The summed E-state index contributed by atoms with van der Waals surface area (Å²) in [6.07, 6.45) is 1.88. The van der Waals surface area contributed by atoms with Gasteiger partial charge < -0.3 is 14.4 Å². The van der Waals surface area contributed by atoms with Crippen molar-refractivity contribution in [1.29, 1.82) is 0 Å². The van der Waals surface area contributed by atoms with Crippen LogP contribution in [0.2, 0.25) is 0 Å². The molecule has 0 radical (unpaired) electrons. The van der Waals surface area contributed by atoms with Gasteiger partial charge in [-0.3, -0.25) is 4.79 Å². The molecule has 1 heterocycles. The van der Waals surface area contributed by atoms with Crippen molar-refractivity contribution in [3.8, 4) is 5.75 Å². The van der Waals surface area contributed by atoms with Crippen molar-refractivity contribution in [3.63, 3.8) is 0 Å². The minimum atomic E-state index is -3.58. The van der Waals surface area contributed by atoms with Crippen LogP contribution < -0.4 is 4.74 Å². The number of rotatable bonds is 8. The van der Waals surface area contributed by atoms with Gasteiger partial charge in [-0.1, -0.05) is 6.08 Å². The van der Waals surface area contributed by atoms with Gasteiger partial charge in [0, 0.05) is 26.2 Å². The van der Waals surface area contributed by atoms with E-state index in [2.05, 4.69) is 6.58 Å². The van der Waals surface area contributed by atoms with Gasteiger partial charge in [0.15, 0.2) is 0 Å². The predicted octanol–water partition coefficient (Wildman–Crippen LogP) is 1.51. The van der Waals surface area contributed by atoms with Gasteiger partial charge in [-0.05, 0) is 37.6 Å². The normalized spacial score (nSPS) is 16.9. The molecule has 7 nitrogen and oxygen atoms in total. The Balaban J connectivity index is 1.94. The number of hydrogen-bond donors (Lipinski definition) is 0. The SMILES string of the molecule is C=CCCOC(C)C(=O)N1CCN(S(=O)(=O)c2ccc(OC)cc2)CC1. The van der Waals surface area contributed by atoms with Crippen LogP contribution in [0.1, 0.15) is 13.3 Å². The van der Waals surface area contributed by atoms with E-state index in [0.717, 1.165) is 0 Å². The third-order valence-corrected chi connectivity index (χ3v) is 6.20. The van der Waals surface area contributed by atoms with E-state index in [1.807, 2.05) is 0 Å². The molecular weight excluding hydrogens is 356 g/mol. The van der Waals surface area contributed by atoms with E-state index in [1.165, 1.54) is 23.5 Å². The number of ether oxygens (including phenoxy) is 2. The summed E-state index contributed by atoms with van der Waals surface area (Å²) in [5, 5.41) is 0. The molecule has 1 aromatic carbocycles. The summed E-state index contributed by atoms with van der Waals surface area (Å²) >= 11 is 0. The van der Waals surface area contributed by atoms with E-state index < -0.39 is 16.1 Å². The first kappa shape index (κ1) is 20.4. The standard InChI is InChI=1S/C18H26N2O5S/c1-4-5-14-25-15(2)18(21)19-10-12-20(13-11-19)26(22,23)17-8-6-16(24-3)7-9-17/h4,6-9,15H,1,5,10-14H2,2-3H3. The van der Waals surface area contributed by atoms with Crippen molar-refractivity contribution in [2.24, 2.45) is 0 Å². The zero-order valence-electron chi connectivity index (χ0n) is 15.3. The molecule has 2 rings (SSSR count). The molecule has 26 heavy (non-hydrogen) atoms. The topological polar surface area (TPSA) is 76.2 Å². The second-order valence-corrected chi connectivity index (χ2v) is 7.93. The van der Waals surface area contributed by atoms with Crippen LogP contribution in [0.15, 0.2) is 41.8 Å². The lowest BCUT2D eigenvalue weighted by Gasteiger charge is -2.35. The summed E-state index contributed by atoms with van der Waals surface area (Å²) in [7, 11) is -2.05. The summed E-state index contributed by atoms with van der Waals surface area (Å²) in [5.41, 5.74) is 0. The van der Waals surface area contributed by atoms with Crippen LogP contribution in [0.3, 0.4) is 0 Å². The van der Waals surface area contributed by atoms with E-state index in [4.69, 9.17) is 9.47 Å². The molecule has 1 atom stereocenters. The Kier molecular flexibility index (Phi) is 7.19. The number of sulfonamides is 1. The van der Waals surface area contributed by atoms with Gasteiger partial charge in [-0.25, -0.2) is 8.42 Å². The highest BCUT2D eigenvalue weighted by atomic mass is 32.2. The number of carbonyl (C=O) groups is 1. The number of hydrogen-bond acceptors (Lipinski definition) is 5. The van der Waals surface area contributed by atoms with Gasteiger partial charge in [-0.2, -0.15) is 4.31 Å². The van der Waals surface area contributed by atoms with Crippen molar-refractivity contribution in [1.82, 2.24) is 9.21 Å².